The van der Waals surface area contributed by atoms with Crippen molar-refractivity contribution in [3.63, 3.8) is 0 Å². The number of nitrogens with one attached hydrogen (secondary N) is 1. The largest absolute Gasteiger partial charge is 0.355 e. The molecule has 3 rings (SSSR count). The lowest BCUT2D eigenvalue weighted by Crippen LogP contribution is -2.35. The summed E-state index contributed by atoms with van der Waals surface area (Å²) in [5.41, 5.74) is 1.72. The van der Waals surface area contributed by atoms with Crippen LogP contribution in [0, 0.1) is 17.6 Å². The number of hydrogen-bond donors (Lipinski definition) is 1. The first-order chi connectivity index (χ1) is 12.6. The van der Waals surface area contributed by atoms with Gasteiger partial charge < -0.3 is 5.32 Å². The van der Waals surface area contributed by atoms with Gasteiger partial charge in [-0.25, -0.2) is 18.7 Å². The Morgan fingerprint density at radius 2 is 2.04 bits per heavy atom. The first kappa shape index (κ1) is 18.7. The minimum absolute atomic E-state index is 0.435. The van der Waals surface area contributed by atoms with Gasteiger partial charge in [0.05, 0.1) is 0 Å². The second kappa shape index (κ2) is 9.03. The van der Waals surface area contributed by atoms with Crippen LogP contribution in [0.5, 0.6) is 0 Å². The fraction of sp³-hybridized carbons (Fsp3) is 0.500. The number of rotatable bonds is 7. The number of aryl methyl sites for hydroxylation is 1. The van der Waals surface area contributed by atoms with Gasteiger partial charge >= 0.3 is 0 Å². The van der Waals surface area contributed by atoms with E-state index in [9.17, 15) is 8.78 Å². The van der Waals surface area contributed by atoms with Gasteiger partial charge in [-0.05, 0) is 56.7 Å². The Kier molecular flexibility index (Phi) is 6.50. The summed E-state index contributed by atoms with van der Waals surface area (Å²) in [6, 6.07) is 3.87. The fourth-order valence-electron chi connectivity index (χ4n) is 3.56. The van der Waals surface area contributed by atoms with Crippen LogP contribution < -0.4 is 5.32 Å². The molecule has 1 aliphatic rings. The molecule has 2 heterocycles. The van der Waals surface area contributed by atoms with Crippen LogP contribution in [0.3, 0.4) is 0 Å². The first-order valence-corrected chi connectivity index (χ1v) is 9.35. The van der Waals surface area contributed by atoms with E-state index < -0.39 is 11.6 Å². The number of aromatic nitrogens is 2. The van der Waals surface area contributed by atoms with Crippen molar-refractivity contribution in [2.45, 2.75) is 39.2 Å². The quantitative estimate of drug-likeness (QED) is 0.809. The zero-order valence-electron chi connectivity index (χ0n) is 15.2. The third-order valence-corrected chi connectivity index (χ3v) is 4.89. The third kappa shape index (κ3) is 5.21. The molecule has 1 fully saturated rings. The van der Waals surface area contributed by atoms with E-state index >= 15 is 0 Å². The van der Waals surface area contributed by atoms with Crippen molar-refractivity contribution in [1.29, 1.82) is 0 Å². The molecule has 1 aromatic heterocycles. The van der Waals surface area contributed by atoms with Gasteiger partial charge in [-0.15, -0.1) is 0 Å². The van der Waals surface area contributed by atoms with Gasteiger partial charge in [-0.3, -0.25) is 4.90 Å². The Bertz CT molecular complexity index is 705. The van der Waals surface area contributed by atoms with Gasteiger partial charge in [0.25, 0.3) is 0 Å². The van der Waals surface area contributed by atoms with Crippen LogP contribution in [0.2, 0.25) is 0 Å². The average molecular weight is 360 g/mol. The Labute approximate surface area is 153 Å². The van der Waals surface area contributed by atoms with Crippen molar-refractivity contribution in [3.05, 3.63) is 53.4 Å². The molecule has 1 unspecified atom stereocenters. The predicted octanol–water partition coefficient (Wildman–Crippen LogP) is 4.03. The minimum atomic E-state index is -0.516. The summed E-state index contributed by atoms with van der Waals surface area (Å²) in [5.74, 6) is 0.248. The van der Waals surface area contributed by atoms with Gasteiger partial charge in [0.1, 0.15) is 11.6 Å². The lowest BCUT2D eigenvalue weighted by Gasteiger charge is -2.32. The lowest BCUT2D eigenvalue weighted by molar-refractivity contribution is 0.161. The number of likely N-dealkylation sites (tertiary alicyclic amines) is 1. The third-order valence-electron chi connectivity index (χ3n) is 4.89. The Morgan fingerprint density at radius 1 is 1.23 bits per heavy atom. The van der Waals surface area contributed by atoms with Crippen LogP contribution in [-0.2, 0) is 13.0 Å². The molecule has 6 heteroatoms. The van der Waals surface area contributed by atoms with Gasteiger partial charge in [0.2, 0.25) is 5.95 Å². The van der Waals surface area contributed by atoms with Gasteiger partial charge in [0, 0.05) is 43.7 Å². The van der Waals surface area contributed by atoms with Crippen molar-refractivity contribution >= 4 is 5.95 Å². The molecule has 0 saturated carbocycles. The predicted molar refractivity (Wildman–Crippen MR) is 98.9 cm³/mol. The maximum absolute atomic E-state index is 13.8. The van der Waals surface area contributed by atoms with Crippen molar-refractivity contribution in [1.82, 2.24) is 14.9 Å². The second-order valence-corrected chi connectivity index (χ2v) is 6.96. The van der Waals surface area contributed by atoms with Crippen LogP contribution in [0.4, 0.5) is 14.7 Å². The summed E-state index contributed by atoms with van der Waals surface area (Å²) in [7, 11) is 0. The molecule has 0 bridgehead atoms. The monoisotopic (exact) mass is 360 g/mol. The average Bonchev–Trinajstić information content (AvgIpc) is 2.63. The maximum atomic E-state index is 13.8. The Hall–Kier alpha value is -2.08. The molecule has 0 amide bonds. The molecule has 1 aliphatic heterocycles. The molecule has 1 N–H and O–H groups in total. The molecule has 1 saturated heterocycles. The highest BCUT2D eigenvalue weighted by molar-refractivity contribution is 5.24. The Balaban J connectivity index is 1.50. The molecular weight excluding hydrogens is 334 g/mol. The molecule has 1 aromatic carbocycles. The second-order valence-electron chi connectivity index (χ2n) is 6.96. The minimum Gasteiger partial charge on any atom is -0.355 e. The van der Waals surface area contributed by atoms with Crippen molar-refractivity contribution in [3.8, 4) is 0 Å². The molecule has 1 atom stereocenters. The van der Waals surface area contributed by atoms with Crippen molar-refractivity contribution in [2.24, 2.45) is 5.92 Å². The van der Waals surface area contributed by atoms with Crippen molar-refractivity contribution in [2.75, 3.05) is 25.0 Å². The summed E-state index contributed by atoms with van der Waals surface area (Å²) in [5, 5.41) is 3.10. The molecule has 0 radical (unpaired) electrons. The van der Waals surface area contributed by atoms with Crippen LogP contribution in [0.1, 0.15) is 37.3 Å². The lowest BCUT2D eigenvalue weighted by atomic mass is 9.91. The first-order valence-electron chi connectivity index (χ1n) is 9.35. The topological polar surface area (TPSA) is 41.1 Å². The number of benzene rings is 1. The normalized spacial score (nSPS) is 18.0. The summed E-state index contributed by atoms with van der Waals surface area (Å²) >= 11 is 0. The SMILES string of the molecule is CCNc1ncc(CN2CCCC(CCc3ccc(F)cc3F)C2)cn1. The number of nitrogens with zero attached hydrogens (tertiary/aromatic N) is 3. The number of piperidine rings is 1. The zero-order valence-corrected chi connectivity index (χ0v) is 15.2. The molecule has 0 aliphatic carbocycles. The van der Waals surface area contributed by atoms with E-state index in [0.717, 1.165) is 57.1 Å². The molecule has 0 spiro atoms. The summed E-state index contributed by atoms with van der Waals surface area (Å²) in [6.45, 7) is 5.73. The smallest absolute Gasteiger partial charge is 0.222 e. The van der Waals surface area contributed by atoms with E-state index in [1.165, 1.54) is 6.07 Å². The van der Waals surface area contributed by atoms with E-state index in [1.807, 2.05) is 19.3 Å². The van der Waals surface area contributed by atoms with E-state index in [0.29, 0.717) is 23.9 Å². The maximum Gasteiger partial charge on any atom is 0.222 e. The fourth-order valence-corrected chi connectivity index (χ4v) is 3.56. The molecule has 26 heavy (non-hydrogen) atoms. The molecule has 140 valence electrons. The Morgan fingerprint density at radius 3 is 2.77 bits per heavy atom. The summed E-state index contributed by atoms with van der Waals surface area (Å²) in [6.07, 6.45) is 7.65. The zero-order chi connectivity index (χ0) is 18.4. The number of halogens is 2. The van der Waals surface area contributed by atoms with Crippen LogP contribution in [-0.4, -0.2) is 34.5 Å². The van der Waals surface area contributed by atoms with E-state index in [-0.39, 0.29) is 0 Å². The number of anilines is 1. The van der Waals surface area contributed by atoms with E-state index in [2.05, 4.69) is 20.2 Å². The highest BCUT2D eigenvalue weighted by Gasteiger charge is 2.20. The standard InChI is InChI=1S/C20H26F2N4/c1-2-23-20-24-11-16(12-25-20)14-26-9-3-4-15(13-26)5-6-17-7-8-18(21)10-19(17)22/h7-8,10-12,15H,2-6,9,13-14H2,1H3,(H,23,24,25). The van der Waals surface area contributed by atoms with E-state index in [1.54, 1.807) is 6.07 Å². The molecule has 4 nitrogen and oxygen atoms in total. The molecule has 2 aromatic rings. The van der Waals surface area contributed by atoms with Crippen LogP contribution in [0.15, 0.2) is 30.6 Å². The molecular formula is C20H26F2N4. The van der Waals surface area contributed by atoms with Gasteiger partial charge in [-0.1, -0.05) is 6.07 Å². The highest BCUT2D eigenvalue weighted by atomic mass is 19.1. The summed E-state index contributed by atoms with van der Waals surface area (Å²) in [4.78, 5) is 11.1. The van der Waals surface area contributed by atoms with Gasteiger partial charge in [0.15, 0.2) is 0 Å². The van der Waals surface area contributed by atoms with Crippen LogP contribution in [0.25, 0.3) is 0 Å². The van der Waals surface area contributed by atoms with Crippen molar-refractivity contribution < 1.29 is 8.78 Å². The van der Waals surface area contributed by atoms with E-state index in [4.69, 9.17) is 0 Å². The van der Waals surface area contributed by atoms with Crippen LogP contribution >= 0.6 is 0 Å². The van der Waals surface area contributed by atoms with Gasteiger partial charge in [-0.2, -0.15) is 0 Å². The summed E-state index contributed by atoms with van der Waals surface area (Å²) < 4.78 is 26.8. The highest BCUT2D eigenvalue weighted by Crippen LogP contribution is 2.23. The number of hydrogen-bond acceptors (Lipinski definition) is 4.